The normalized spacial score (nSPS) is 16.9. The summed E-state index contributed by atoms with van der Waals surface area (Å²) >= 11 is 0. The summed E-state index contributed by atoms with van der Waals surface area (Å²) in [4.78, 5) is 8.22. The molecule has 2 N–H and O–H groups in total. The van der Waals surface area contributed by atoms with Crippen LogP contribution in [-0.4, -0.2) is 56.2 Å². The number of para-hydroxylation sites is 1. The highest BCUT2D eigenvalue weighted by molar-refractivity contribution is 5.92. The quantitative estimate of drug-likeness (QED) is 0.872. The van der Waals surface area contributed by atoms with Crippen LogP contribution in [0.4, 0.5) is 5.69 Å². The molecule has 0 saturated carbocycles. The van der Waals surface area contributed by atoms with Gasteiger partial charge in [-0.1, -0.05) is 18.2 Å². The molecule has 3 rings (SSSR count). The Morgan fingerprint density at radius 2 is 2.00 bits per heavy atom. The average molecular weight is 258 g/mol. The van der Waals surface area contributed by atoms with Crippen molar-refractivity contribution in [2.24, 2.45) is 0 Å². The van der Waals surface area contributed by atoms with Gasteiger partial charge in [-0.05, 0) is 6.07 Å². The van der Waals surface area contributed by atoms with E-state index in [1.807, 2.05) is 0 Å². The Hall–Kier alpha value is -1.52. The molecule has 0 amide bonds. The summed E-state index contributed by atoms with van der Waals surface area (Å²) in [6, 6.07) is 8.48. The van der Waals surface area contributed by atoms with Gasteiger partial charge in [-0.3, -0.25) is 4.90 Å². The number of nitrogens with one attached hydrogen (secondary N) is 2. The third kappa shape index (κ3) is 2.74. The van der Waals surface area contributed by atoms with Crippen LogP contribution < -0.4 is 10.2 Å². The van der Waals surface area contributed by atoms with Gasteiger partial charge in [0.25, 0.3) is 0 Å². The van der Waals surface area contributed by atoms with Crippen LogP contribution in [-0.2, 0) is 0 Å². The molecule has 4 heteroatoms. The molecule has 4 nitrogen and oxygen atoms in total. The first-order valence-electron chi connectivity index (χ1n) is 7.05. The minimum atomic E-state index is 1.07. The van der Waals surface area contributed by atoms with Crippen LogP contribution >= 0.6 is 0 Å². The highest BCUT2D eigenvalue weighted by Gasteiger charge is 2.12. The smallest absolute Gasteiger partial charge is 0.0621 e. The Morgan fingerprint density at radius 3 is 2.84 bits per heavy atom. The molecule has 0 atom stereocenters. The number of likely N-dealkylation sites (N-methyl/N-ethyl adjacent to an activating group) is 1. The first-order chi connectivity index (χ1) is 9.34. The Kier molecular flexibility index (Phi) is 3.71. The highest BCUT2D eigenvalue weighted by atomic mass is 15.2. The van der Waals surface area contributed by atoms with E-state index in [0.29, 0.717) is 0 Å². The molecule has 1 saturated heterocycles. The minimum Gasteiger partial charge on any atom is -0.372 e. The van der Waals surface area contributed by atoms with Gasteiger partial charge in [0, 0.05) is 63.4 Å². The number of aromatic nitrogens is 1. The van der Waals surface area contributed by atoms with Crippen molar-refractivity contribution in [2.75, 3.05) is 51.2 Å². The van der Waals surface area contributed by atoms with E-state index >= 15 is 0 Å². The lowest BCUT2D eigenvalue weighted by Gasteiger charge is -2.29. The standard InChI is InChI=1S/C15H22N4/c1-18(10-11-19-8-6-16-7-9-19)15-12-17-14-5-3-2-4-13(14)15/h2-5,12,16-17H,6-11H2,1H3. The second-order valence-corrected chi connectivity index (χ2v) is 5.23. The van der Waals surface area contributed by atoms with E-state index in [1.54, 1.807) is 0 Å². The zero-order valence-electron chi connectivity index (χ0n) is 11.5. The highest BCUT2D eigenvalue weighted by Crippen LogP contribution is 2.25. The molecular formula is C15H22N4. The Balaban J connectivity index is 1.64. The molecule has 0 bridgehead atoms. The largest absolute Gasteiger partial charge is 0.372 e. The van der Waals surface area contributed by atoms with Crippen molar-refractivity contribution in [3.8, 4) is 0 Å². The van der Waals surface area contributed by atoms with Gasteiger partial charge in [0.2, 0.25) is 0 Å². The molecule has 19 heavy (non-hydrogen) atoms. The molecule has 1 aliphatic rings. The Morgan fingerprint density at radius 1 is 1.21 bits per heavy atom. The molecule has 1 fully saturated rings. The van der Waals surface area contributed by atoms with Gasteiger partial charge in [0.1, 0.15) is 0 Å². The molecule has 2 aromatic rings. The van der Waals surface area contributed by atoms with Gasteiger partial charge in [-0.2, -0.15) is 0 Å². The summed E-state index contributed by atoms with van der Waals surface area (Å²) in [5.74, 6) is 0. The van der Waals surface area contributed by atoms with E-state index in [9.17, 15) is 0 Å². The topological polar surface area (TPSA) is 34.3 Å². The lowest BCUT2D eigenvalue weighted by molar-refractivity contribution is 0.246. The maximum Gasteiger partial charge on any atom is 0.0621 e. The second kappa shape index (κ2) is 5.63. The predicted molar refractivity (Wildman–Crippen MR) is 80.9 cm³/mol. The zero-order chi connectivity index (χ0) is 13.1. The van der Waals surface area contributed by atoms with Crippen LogP contribution in [0.3, 0.4) is 0 Å². The third-order valence-electron chi connectivity index (χ3n) is 3.94. The Labute approximate surface area is 114 Å². The fraction of sp³-hybridized carbons (Fsp3) is 0.467. The number of hydrogen-bond donors (Lipinski definition) is 2. The summed E-state index contributed by atoms with van der Waals surface area (Å²) in [6.07, 6.45) is 2.11. The van der Waals surface area contributed by atoms with Crippen molar-refractivity contribution in [3.05, 3.63) is 30.5 Å². The van der Waals surface area contributed by atoms with Gasteiger partial charge in [-0.25, -0.2) is 0 Å². The van der Waals surface area contributed by atoms with Crippen molar-refractivity contribution >= 4 is 16.6 Å². The van der Waals surface area contributed by atoms with E-state index in [-0.39, 0.29) is 0 Å². The lowest BCUT2D eigenvalue weighted by atomic mass is 10.2. The van der Waals surface area contributed by atoms with E-state index in [2.05, 4.69) is 57.6 Å². The maximum absolute atomic E-state index is 3.39. The maximum atomic E-state index is 3.39. The number of anilines is 1. The number of piperazine rings is 1. The molecule has 0 unspecified atom stereocenters. The molecule has 1 aromatic carbocycles. The minimum absolute atomic E-state index is 1.07. The van der Waals surface area contributed by atoms with E-state index < -0.39 is 0 Å². The fourth-order valence-corrected chi connectivity index (χ4v) is 2.72. The molecular weight excluding hydrogens is 236 g/mol. The summed E-state index contributed by atoms with van der Waals surface area (Å²) in [6.45, 7) is 6.79. The van der Waals surface area contributed by atoms with E-state index in [1.165, 1.54) is 29.7 Å². The van der Waals surface area contributed by atoms with Crippen LogP contribution in [0.5, 0.6) is 0 Å². The number of fused-ring (bicyclic) bond motifs is 1. The molecule has 1 aliphatic heterocycles. The van der Waals surface area contributed by atoms with Crippen LogP contribution in [0.25, 0.3) is 10.9 Å². The number of H-pyrrole nitrogens is 1. The lowest BCUT2D eigenvalue weighted by Crippen LogP contribution is -2.45. The van der Waals surface area contributed by atoms with E-state index in [4.69, 9.17) is 0 Å². The molecule has 0 spiro atoms. The SMILES string of the molecule is CN(CCN1CCNCC1)c1c[nH]c2ccccc12. The summed E-state index contributed by atoms with van der Waals surface area (Å²) in [7, 11) is 2.18. The van der Waals surface area contributed by atoms with E-state index in [0.717, 1.165) is 26.2 Å². The van der Waals surface area contributed by atoms with Gasteiger partial charge in [0.15, 0.2) is 0 Å². The first kappa shape index (κ1) is 12.5. The molecule has 0 aliphatic carbocycles. The van der Waals surface area contributed by atoms with Gasteiger partial charge < -0.3 is 15.2 Å². The van der Waals surface area contributed by atoms with Crippen LogP contribution in [0.2, 0.25) is 0 Å². The molecule has 1 aromatic heterocycles. The number of rotatable bonds is 4. The molecule has 2 heterocycles. The number of hydrogen-bond acceptors (Lipinski definition) is 3. The predicted octanol–water partition coefficient (Wildman–Crippen LogP) is 1.51. The first-order valence-corrected chi connectivity index (χ1v) is 7.05. The van der Waals surface area contributed by atoms with Crippen LogP contribution in [0.1, 0.15) is 0 Å². The van der Waals surface area contributed by atoms with Gasteiger partial charge in [0.05, 0.1) is 5.69 Å². The van der Waals surface area contributed by atoms with Gasteiger partial charge in [-0.15, -0.1) is 0 Å². The monoisotopic (exact) mass is 258 g/mol. The summed E-state index contributed by atoms with van der Waals surface area (Å²) in [5, 5.41) is 4.70. The van der Waals surface area contributed by atoms with Gasteiger partial charge >= 0.3 is 0 Å². The summed E-state index contributed by atoms with van der Waals surface area (Å²) < 4.78 is 0. The third-order valence-corrected chi connectivity index (χ3v) is 3.94. The number of benzene rings is 1. The molecule has 102 valence electrons. The number of nitrogens with zero attached hydrogens (tertiary/aromatic N) is 2. The fourth-order valence-electron chi connectivity index (χ4n) is 2.72. The van der Waals surface area contributed by atoms with Crippen molar-refractivity contribution in [3.63, 3.8) is 0 Å². The van der Waals surface area contributed by atoms with Crippen molar-refractivity contribution in [2.45, 2.75) is 0 Å². The van der Waals surface area contributed by atoms with Crippen molar-refractivity contribution in [1.82, 2.24) is 15.2 Å². The Bertz CT molecular complexity index is 528. The average Bonchev–Trinajstić information content (AvgIpc) is 2.90. The van der Waals surface area contributed by atoms with Crippen molar-refractivity contribution < 1.29 is 0 Å². The summed E-state index contributed by atoms with van der Waals surface area (Å²) in [5.41, 5.74) is 2.51. The molecule has 0 radical (unpaired) electrons. The van der Waals surface area contributed by atoms with Crippen LogP contribution in [0, 0.1) is 0 Å². The second-order valence-electron chi connectivity index (χ2n) is 5.23. The number of aromatic amines is 1. The zero-order valence-corrected chi connectivity index (χ0v) is 11.5. The van der Waals surface area contributed by atoms with Crippen molar-refractivity contribution in [1.29, 1.82) is 0 Å². The van der Waals surface area contributed by atoms with Crippen LogP contribution in [0.15, 0.2) is 30.5 Å².